The second-order valence-corrected chi connectivity index (χ2v) is 3.98. The third-order valence-corrected chi connectivity index (χ3v) is 2.40. The van der Waals surface area contributed by atoms with Crippen LogP contribution in [-0.4, -0.2) is 16.0 Å². The minimum Gasteiger partial charge on any atom is -0.345 e. The molecule has 0 aliphatic carbocycles. The van der Waals surface area contributed by atoms with Crippen molar-refractivity contribution in [2.45, 2.75) is 18.4 Å². The molecule has 0 radical (unpaired) electrons. The van der Waals surface area contributed by atoms with Crippen LogP contribution in [0.2, 0.25) is 0 Å². The highest BCUT2D eigenvalue weighted by molar-refractivity contribution is 7.80. The van der Waals surface area contributed by atoms with Crippen LogP contribution in [0.3, 0.4) is 0 Å². The van der Waals surface area contributed by atoms with Crippen molar-refractivity contribution in [1.82, 2.24) is 15.5 Å². The Morgan fingerprint density at radius 3 is 2.71 bits per heavy atom. The highest BCUT2D eigenvalue weighted by atomic mass is 32.1. The standard InChI is InChI=1S/C11H11N3O2S/c1-7-13-10(14-16-7)6-12-11(15)8-2-4-9(17)5-3-8/h2-5,17H,6H2,1H3,(H,12,15). The first-order valence-corrected chi connectivity index (χ1v) is 5.46. The molecular weight excluding hydrogens is 238 g/mol. The van der Waals surface area contributed by atoms with Crippen molar-refractivity contribution in [3.63, 3.8) is 0 Å². The molecule has 1 heterocycles. The first-order chi connectivity index (χ1) is 8.15. The lowest BCUT2D eigenvalue weighted by Gasteiger charge is -2.02. The van der Waals surface area contributed by atoms with E-state index < -0.39 is 0 Å². The average molecular weight is 249 g/mol. The Morgan fingerprint density at radius 2 is 2.12 bits per heavy atom. The molecule has 0 saturated heterocycles. The van der Waals surface area contributed by atoms with Crippen molar-refractivity contribution in [2.24, 2.45) is 0 Å². The summed E-state index contributed by atoms with van der Waals surface area (Å²) in [6, 6.07) is 6.94. The molecular formula is C11H11N3O2S. The van der Waals surface area contributed by atoms with Gasteiger partial charge in [0.1, 0.15) is 0 Å². The van der Waals surface area contributed by atoms with Crippen LogP contribution in [0, 0.1) is 6.92 Å². The van der Waals surface area contributed by atoms with Gasteiger partial charge in [-0.1, -0.05) is 5.16 Å². The van der Waals surface area contributed by atoms with Crippen LogP contribution in [-0.2, 0) is 6.54 Å². The fourth-order valence-corrected chi connectivity index (χ4v) is 1.44. The molecule has 0 saturated carbocycles. The van der Waals surface area contributed by atoms with Gasteiger partial charge in [0.15, 0.2) is 5.82 Å². The van der Waals surface area contributed by atoms with Gasteiger partial charge in [-0.2, -0.15) is 4.98 Å². The zero-order chi connectivity index (χ0) is 12.3. The van der Waals surface area contributed by atoms with E-state index in [0.29, 0.717) is 17.3 Å². The highest BCUT2D eigenvalue weighted by Gasteiger charge is 2.07. The van der Waals surface area contributed by atoms with E-state index in [-0.39, 0.29) is 12.5 Å². The van der Waals surface area contributed by atoms with E-state index in [1.54, 1.807) is 31.2 Å². The minimum absolute atomic E-state index is 0.180. The van der Waals surface area contributed by atoms with Gasteiger partial charge in [0, 0.05) is 17.4 Å². The summed E-state index contributed by atoms with van der Waals surface area (Å²) in [7, 11) is 0. The molecule has 1 amide bonds. The number of carbonyl (C=O) groups excluding carboxylic acids is 1. The number of nitrogens with zero attached hydrogens (tertiary/aromatic N) is 2. The first kappa shape index (κ1) is 11.7. The molecule has 88 valence electrons. The van der Waals surface area contributed by atoms with E-state index in [0.717, 1.165) is 4.90 Å². The van der Waals surface area contributed by atoms with Crippen LogP contribution in [0.5, 0.6) is 0 Å². The predicted octanol–water partition coefficient (Wildman–Crippen LogP) is 1.60. The van der Waals surface area contributed by atoms with Crippen LogP contribution >= 0.6 is 12.6 Å². The number of aryl methyl sites for hydroxylation is 1. The van der Waals surface area contributed by atoms with Crippen molar-refractivity contribution in [2.75, 3.05) is 0 Å². The van der Waals surface area contributed by atoms with Crippen LogP contribution in [0.15, 0.2) is 33.7 Å². The van der Waals surface area contributed by atoms with Gasteiger partial charge in [0.05, 0.1) is 6.54 Å². The average Bonchev–Trinajstić information content (AvgIpc) is 2.73. The third kappa shape index (κ3) is 3.07. The topological polar surface area (TPSA) is 68.0 Å². The quantitative estimate of drug-likeness (QED) is 0.811. The molecule has 0 unspecified atom stereocenters. The SMILES string of the molecule is Cc1nc(CNC(=O)c2ccc(S)cc2)no1. The molecule has 1 aromatic heterocycles. The summed E-state index contributed by atoms with van der Waals surface area (Å²) in [6.45, 7) is 1.95. The second kappa shape index (κ2) is 5.01. The minimum atomic E-state index is -0.180. The highest BCUT2D eigenvalue weighted by Crippen LogP contribution is 2.07. The second-order valence-electron chi connectivity index (χ2n) is 3.46. The lowest BCUT2D eigenvalue weighted by molar-refractivity contribution is 0.0949. The van der Waals surface area contributed by atoms with Gasteiger partial charge in [0.2, 0.25) is 5.89 Å². The number of amides is 1. The van der Waals surface area contributed by atoms with Crippen LogP contribution in [0.1, 0.15) is 22.1 Å². The number of carbonyl (C=O) groups is 1. The van der Waals surface area contributed by atoms with Gasteiger partial charge in [-0.05, 0) is 24.3 Å². The fourth-order valence-electron chi connectivity index (χ4n) is 1.29. The summed E-state index contributed by atoms with van der Waals surface area (Å²) in [6.07, 6.45) is 0. The summed E-state index contributed by atoms with van der Waals surface area (Å²) >= 11 is 4.15. The lowest BCUT2D eigenvalue weighted by Crippen LogP contribution is -2.23. The lowest BCUT2D eigenvalue weighted by atomic mass is 10.2. The molecule has 2 aromatic rings. The molecule has 5 nitrogen and oxygen atoms in total. The molecule has 1 N–H and O–H groups in total. The number of thiol groups is 1. The first-order valence-electron chi connectivity index (χ1n) is 5.01. The molecule has 2 rings (SSSR count). The molecule has 0 bridgehead atoms. The van der Waals surface area contributed by atoms with E-state index in [9.17, 15) is 4.79 Å². The predicted molar refractivity (Wildman–Crippen MR) is 63.9 cm³/mol. The van der Waals surface area contributed by atoms with Crippen molar-refractivity contribution < 1.29 is 9.32 Å². The third-order valence-electron chi connectivity index (χ3n) is 2.11. The van der Waals surface area contributed by atoms with Crippen molar-refractivity contribution >= 4 is 18.5 Å². The maximum Gasteiger partial charge on any atom is 0.251 e. The summed E-state index contributed by atoms with van der Waals surface area (Å²) < 4.78 is 4.80. The maximum atomic E-state index is 11.7. The molecule has 0 fully saturated rings. The van der Waals surface area contributed by atoms with E-state index in [1.165, 1.54) is 0 Å². The molecule has 0 aliphatic rings. The molecule has 1 aromatic carbocycles. The van der Waals surface area contributed by atoms with Crippen molar-refractivity contribution in [3.05, 3.63) is 41.5 Å². The number of hydrogen-bond acceptors (Lipinski definition) is 5. The Bertz CT molecular complexity index is 522. The van der Waals surface area contributed by atoms with Crippen molar-refractivity contribution in [3.8, 4) is 0 Å². The molecule has 0 aliphatic heterocycles. The van der Waals surface area contributed by atoms with Crippen LogP contribution < -0.4 is 5.32 Å². The Balaban J connectivity index is 1.95. The molecule has 0 spiro atoms. The largest absolute Gasteiger partial charge is 0.345 e. The zero-order valence-corrected chi connectivity index (χ0v) is 10.1. The van der Waals surface area contributed by atoms with Gasteiger partial charge in [0.25, 0.3) is 5.91 Å². The van der Waals surface area contributed by atoms with Gasteiger partial charge >= 0.3 is 0 Å². The van der Waals surface area contributed by atoms with E-state index in [2.05, 4.69) is 28.1 Å². The Morgan fingerprint density at radius 1 is 1.41 bits per heavy atom. The number of rotatable bonds is 3. The monoisotopic (exact) mass is 249 g/mol. The van der Waals surface area contributed by atoms with E-state index in [4.69, 9.17) is 4.52 Å². The van der Waals surface area contributed by atoms with Crippen LogP contribution in [0.4, 0.5) is 0 Å². The van der Waals surface area contributed by atoms with Gasteiger partial charge in [-0.25, -0.2) is 0 Å². The van der Waals surface area contributed by atoms with Gasteiger partial charge < -0.3 is 9.84 Å². The summed E-state index contributed by atoms with van der Waals surface area (Å²) in [5.41, 5.74) is 0.572. The Hall–Kier alpha value is -1.82. The number of nitrogens with one attached hydrogen (secondary N) is 1. The van der Waals surface area contributed by atoms with Gasteiger partial charge in [-0.3, -0.25) is 4.79 Å². The maximum absolute atomic E-state index is 11.7. The molecule has 6 heteroatoms. The van der Waals surface area contributed by atoms with E-state index >= 15 is 0 Å². The van der Waals surface area contributed by atoms with Crippen molar-refractivity contribution in [1.29, 1.82) is 0 Å². The fraction of sp³-hybridized carbons (Fsp3) is 0.182. The smallest absolute Gasteiger partial charge is 0.251 e. The normalized spacial score (nSPS) is 10.2. The summed E-state index contributed by atoms with van der Waals surface area (Å²) in [5.74, 6) is 0.760. The molecule has 17 heavy (non-hydrogen) atoms. The molecule has 0 atom stereocenters. The van der Waals surface area contributed by atoms with E-state index in [1.807, 2.05) is 0 Å². The Labute approximate surface area is 104 Å². The number of aromatic nitrogens is 2. The Kier molecular flexibility index (Phi) is 3.43. The van der Waals surface area contributed by atoms with Crippen LogP contribution in [0.25, 0.3) is 0 Å². The van der Waals surface area contributed by atoms with Gasteiger partial charge in [-0.15, -0.1) is 12.6 Å². The number of benzene rings is 1. The zero-order valence-electron chi connectivity index (χ0n) is 9.17. The number of hydrogen-bond donors (Lipinski definition) is 2. The summed E-state index contributed by atoms with van der Waals surface area (Å²) in [4.78, 5) is 16.5. The summed E-state index contributed by atoms with van der Waals surface area (Å²) in [5, 5.41) is 6.38.